The summed E-state index contributed by atoms with van der Waals surface area (Å²) in [7, 11) is -20.7. The molecule has 0 aliphatic heterocycles. The van der Waals surface area contributed by atoms with Crippen molar-refractivity contribution in [2.24, 2.45) is 0 Å². The van der Waals surface area contributed by atoms with Crippen LogP contribution in [-0.2, 0) is 67.8 Å². The molecule has 0 aromatic heterocycles. The first-order valence-corrected chi connectivity index (χ1v) is 8.00. The first-order valence-electron chi connectivity index (χ1n) is 2.67. The summed E-state index contributed by atoms with van der Waals surface area (Å²) in [6.45, 7) is 0. The van der Waals surface area contributed by atoms with Gasteiger partial charge in [-0.15, -0.1) is 0 Å². The van der Waals surface area contributed by atoms with Crippen molar-refractivity contribution >= 4 is 193 Å². The van der Waals surface area contributed by atoms with E-state index in [0.29, 0.717) is 0 Å². The number of hydrogen-bond donors (Lipinski definition) is 0. The zero-order valence-corrected chi connectivity index (χ0v) is 27.8. The van der Waals surface area contributed by atoms with Gasteiger partial charge >= 0.3 is 177 Å². The molecule has 29 heteroatoms. The second kappa shape index (κ2) is 40.4. The number of rotatable bonds is 0. The first kappa shape index (κ1) is 83.9. The van der Waals surface area contributed by atoms with Gasteiger partial charge in [0.05, 0.1) is 0 Å². The third kappa shape index (κ3) is 1180. The Kier molecular flexibility index (Phi) is 117. The first-order chi connectivity index (χ1) is 8.00. The molecule has 0 amide bonds. The third-order valence-electron chi connectivity index (χ3n) is 0. The molecule has 29 heavy (non-hydrogen) atoms. The molecule has 0 saturated heterocycles. The van der Waals surface area contributed by atoms with Gasteiger partial charge in [0.15, 0.2) is 0 Å². The van der Waals surface area contributed by atoms with Crippen LogP contribution in [0.5, 0.6) is 0 Å². The van der Waals surface area contributed by atoms with Crippen LogP contribution in [0.25, 0.3) is 0 Å². The van der Waals surface area contributed by atoms with E-state index in [0.717, 1.165) is 0 Å². The Morgan fingerprint density at radius 1 is 0.310 bits per heavy atom. The minimum absolute atomic E-state index is 0. The van der Waals surface area contributed by atoms with Crippen LogP contribution in [-0.4, -0.2) is 243 Å². The van der Waals surface area contributed by atoms with Crippen LogP contribution in [0.4, 0.5) is 0 Å². The van der Waals surface area contributed by atoms with E-state index in [1.54, 1.807) is 0 Å². The van der Waals surface area contributed by atoms with Crippen LogP contribution in [0.1, 0.15) is 0 Å². The van der Waals surface area contributed by atoms with Crippen molar-refractivity contribution < 1.29 is 118 Å². The standard InChI is InChI=1S/4Ca.4H2O4S.4H2O.Zr/c;;;;4*1-5(2,3)4;;;;;/h;;;;4*(H2,1,2,3,4);4*1H2;/q4*+2;;;;;;;;;+4/p-12. The molecular weight excluding hydrogens is 700 g/mol. The van der Waals surface area contributed by atoms with Gasteiger partial charge in [-0.3, -0.25) is 33.7 Å². The summed E-state index contributed by atoms with van der Waals surface area (Å²) in [6, 6.07) is 0. The SMILES string of the molecule is O=S(=O)([O-])[O-].O=S(=O)([O-])[O-].O=S(=O)([O-])[O-].O=S(=O)([O-])[O-].[Ca+2].[Ca+2].[Ca+2].[Ca+2].[OH-].[OH-].[OH-].[OH-].[Zr+4]. The fraction of sp³-hybridized carbons (Fsp3) is 0. The maximum Gasteiger partial charge on any atom is 4.00 e. The minimum Gasteiger partial charge on any atom is -0.870 e. The van der Waals surface area contributed by atoms with Crippen molar-refractivity contribution in [1.82, 2.24) is 0 Å². The van der Waals surface area contributed by atoms with Crippen LogP contribution in [0.15, 0.2) is 0 Å². The van der Waals surface area contributed by atoms with Gasteiger partial charge in [0, 0.05) is 41.6 Å². The monoisotopic (exact) mass is 702 g/mol. The van der Waals surface area contributed by atoms with Crippen molar-refractivity contribution in [3.63, 3.8) is 0 Å². The van der Waals surface area contributed by atoms with Gasteiger partial charge in [-0.05, 0) is 0 Å². The molecule has 0 rings (SSSR count). The van der Waals surface area contributed by atoms with Gasteiger partial charge in [0.2, 0.25) is 0 Å². The second-order valence-corrected chi connectivity index (χ2v) is 4.90. The molecule has 160 valence electrons. The third-order valence-corrected chi connectivity index (χ3v) is 0. The Labute approximate surface area is 304 Å². The summed E-state index contributed by atoms with van der Waals surface area (Å²) in [4.78, 5) is 0. The van der Waals surface area contributed by atoms with E-state index >= 15 is 0 Å². The van der Waals surface area contributed by atoms with E-state index in [-0.39, 0.29) is 199 Å². The topological polar surface area (TPSA) is 441 Å². The maximum absolute atomic E-state index is 8.52. The quantitative estimate of drug-likeness (QED) is 0.128. The molecule has 0 aliphatic carbocycles. The summed E-state index contributed by atoms with van der Waals surface area (Å²) in [5.74, 6) is 0. The van der Waals surface area contributed by atoms with Gasteiger partial charge in [0.1, 0.15) is 0 Å². The fourth-order valence-corrected chi connectivity index (χ4v) is 0. The van der Waals surface area contributed by atoms with E-state index < -0.39 is 41.6 Å². The summed E-state index contributed by atoms with van der Waals surface area (Å²) in [6.07, 6.45) is 0. The van der Waals surface area contributed by atoms with Crippen molar-refractivity contribution in [3.8, 4) is 0 Å². The maximum atomic E-state index is 8.52. The average Bonchev–Trinajstić information content (AvgIpc) is 1.62. The zero-order valence-electron chi connectivity index (χ0n) is 13.3. The molecule has 4 N–H and O–H groups in total. The average molecular weight is 704 g/mol. The molecule has 0 radical (unpaired) electrons. The van der Waals surface area contributed by atoms with Gasteiger partial charge in [-0.1, -0.05) is 0 Å². The summed E-state index contributed by atoms with van der Waals surface area (Å²) in [5.41, 5.74) is 0. The van der Waals surface area contributed by atoms with Gasteiger partial charge < -0.3 is 58.3 Å². The van der Waals surface area contributed by atoms with Gasteiger partial charge in [0.25, 0.3) is 0 Å². The molecule has 0 saturated carbocycles. The fourth-order valence-electron chi connectivity index (χ4n) is 0. The Hall–Kier alpha value is 5.24. The van der Waals surface area contributed by atoms with Crippen molar-refractivity contribution in [2.45, 2.75) is 0 Å². The van der Waals surface area contributed by atoms with E-state index in [1.165, 1.54) is 0 Å². The van der Waals surface area contributed by atoms with Gasteiger partial charge in [-0.25, -0.2) is 0 Å². The molecule has 0 fully saturated rings. The molecule has 20 nitrogen and oxygen atoms in total. The van der Waals surface area contributed by atoms with E-state index in [9.17, 15) is 0 Å². The van der Waals surface area contributed by atoms with Crippen molar-refractivity contribution in [2.75, 3.05) is 0 Å². The van der Waals surface area contributed by atoms with Crippen LogP contribution >= 0.6 is 0 Å². The zero-order chi connectivity index (χ0) is 18.0. The molecule has 0 unspecified atom stereocenters. The van der Waals surface area contributed by atoms with Crippen molar-refractivity contribution in [3.05, 3.63) is 0 Å². The summed E-state index contributed by atoms with van der Waals surface area (Å²) in [5, 5.41) is 0. The molecule has 0 heterocycles. The Bertz CT molecular complexity index is 491. The summed E-state index contributed by atoms with van der Waals surface area (Å²) >= 11 is 0. The van der Waals surface area contributed by atoms with Crippen LogP contribution in [0, 0.1) is 0 Å². The number of hydrogen-bond acceptors (Lipinski definition) is 20. The Morgan fingerprint density at radius 3 is 0.310 bits per heavy atom. The predicted molar refractivity (Wildman–Crippen MR) is 72.7 cm³/mol. The summed E-state index contributed by atoms with van der Waals surface area (Å²) < 4.78 is 136. The largest absolute Gasteiger partial charge is 4.00 e. The molecule has 0 bridgehead atoms. The second-order valence-electron chi connectivity index (χ2n) is 1.63. The Balaban J connectivity index is -0.00000000970. The van der Waals surface area contributed by atoms with Crippen LogP contribution < -0.4 is 0 Å². The molecular formula is H4Ca4O20S4Zr. The van der Waals surface area contributed by atoms with E-state index in [2.05, 4.69) is 0 Å². The molecule has 0 spiro atoms. The Morgan fingerprint density at radius 2 is 0.310 bits per heavy atom. The van der Waals surface area contributed by atoms with Crippen LogP contribution in [0.3, 0.4) is 0 Å². The van der Waals surface area contributed by atoms with E-state index in [4.69, 9.17) is 70.1 Å². The molecule has 0 aliphatic rings. The van der Waals surface area contributed by atoms with Crippen LogP contribution in [0.2, 0.25) is 0 Å². The predicted octanol–water partition coefficient (Wildman–Crippen LogP) is -7.58. The molecule has 0 aromatic carbocycles. The van der Waals surface area contributed by atoms with Gasteiger partial charge in [-0.2, -0.15) is 0 Å². The van der Waals surface area contributed by atoms with E-state index in [1.807, 2.05) is 0 Å². The minimum atomic E-state index is -5.17. The molecule has 0 atom stereocenters. The normalized spacial score (nSPS) is 8.00. The smallest absolute Gasteiger partial charge is 0.870 e. The van der Waals surface area contributed by atoms with Crippen molar-refractivity contribution in [1.29, 1.82) is 0 Å². The molecule has 0 aromatic rings.